The molecular weight excluding hydrogens is 200 g/mol. The minimum Gasteiger partial charge on any atom is -0.508 e. The molecule has 0 aliphatic heterocycles. The monoisotopic (exact) mass is 210 g/mol. The number of carboxylic acid groups (broad SMARTS) is 1. The van der Waals surface area contributed by atoms with Crippen molar-refractivity contribution >= 4 is 11.8 Å². The number of aromatic hydroxyl groups is 1. The Balaban J connectivity index is 2.79. The molecule has 5 nitrogen and oxygen atoms in total. The molecule has 0 amide bonds. The lowest BCUT2D eigenvalue weighted by atomic mass is 10.2. The zero-order valence-corrected chi connectivity index (χ0v) is 8.01. The van der Waals surface area contributed by atoms with Gasteiger partial charge in [-0.3, -0.25) is 4.79 Å². The third-order valence-corrected chi connectivity index (χ3v) is 1.68. The molecule has 1 unspecified atom stereocenters. The fourth-order valence-corrected chi connectivity index (χ4v) is 0.968. The molecule has 1 atom stereocenters. The smallest absolute Gasteiger partial charge is 0.352 e. The number of carbonyl (C=O) groups excluding carboxylic acids is 1. The van der Waals surface area contributed by atoms with Gasteiger partial charge in [0.2, 0.25) is 0 Å². The molecule has 0 aliphatic rings. The van der Waals surface area contributed by atoms with Crippen LogP contribution in [0.25, 0.3) is 0 Å². The third kappa shape index (κ3) is 2.98. The minimum absolute atomic E-state index is 0.0389. The summed E-state index contributed by atoms with van der Waals surface area (Å²) in [6, 6.07) is 5.45. The Bertz CT molecular complexity index is 354. The molecule has 0 spiro atoms. The van der Waals surface area contributed by atoms with Crippen molar-refractivity contribution in [3.05, 3.63) is 24.3 Å². The van der Waals surface area contributed by atoms with Crippen LogP contribution in [-0.4, -0.2) is 28.1 Å². The highest BCUT2D eigenvalue weighted by atomic mass is 16.5. The minimum atomic E-state index is -1.51. The first kappa shape index (κ1) is 11.0. The average molecular weight is 210 g/mol. The van der Waals surface area contributed by atoms with E-state index in [1.54, 1.807) is 0 Å². The lowest BCUT2D eigenvalue weighted by Gasteiger charge is -2.11. The van der Waals surface area contributed by atoms with E-state index >= 15 is 0 Å². The van der Waals surface area contributed by atoms with Crippen LogP contribution in [0.5, 0.6) is 11.5 Å². The van der Waals surface area contributed by atoms with Crippen LogP contribution in [0.4, 0.5) is 0 Å². The maximum absolute atomic E-state index is 10.9. The van der Waals surface area contributed by atoms with Gasteiger partial charge in [0.25, 0.3) is 6.10 Å². The lowest BCUT2D eigenvalue weighted by Crippen LogP contribution is -2.33. The summed E-state index contributed by atoms with van der Waals surface area (Å²) in [5.74, 6) is -1.67. The maximum Gasteiger partial charge on any atom is 0.352 e. The maximum atomic E-state index is 10.9. The molecule has 0 heterocycles. The zero-order chi connectivity index (χ0) is 11.4. The number of carbonyl (C=O) groups is 2. The van der Waals surface area contributed by atoms with Crippen molar-refractivity contribution in [3.63, 3.8) is 0 Å². The molecule has 0 fully saturated rings. The van der Waals surface area contributed by atoms with Crippen molar-refractivity contribution < 1.29 is 24.5 Å². The van der Waals surface area contributed by atoms with Gasteiger partial charge in [0, 0.05) is 0 Å². The van der Waals surface area contributed by atoms with Crippen LogP contribution < -0.4 is 4.74 Å². The van der Waals surface area contributed by atoms with Crippen LogP contribution in [0, 0.1) is 0 Å². The van der Waals surface area contributed by atoms with Crippen molar-refractivity contribution in [1.29, 1.82) is 0 Å². The molecular formula is C10H10O5. The van der Waals surface area contributed by atoms with Crippen molar-refractivity contribution in [2.75, 3.05) is 0 Å². The van der Waals surface area contributed by atoms with Gasteiger partial charge in [0.15, 0.2) is 5.78 Å². The number of hydrogen-bond acceptors (Lipinski definition) is 4. The Morgan fingerprint density at radius 1 is 1.27 bits per heavy atom. The number of ether oxygens (including phenoxy) is 1. The molecule has 15 heavy (non-hydrogen) atoms. The summed E-state index contributed by atoms with van der Waals surface area (Å²) in [6.45, 7) is 1.14. The first-order valence-electron chi connectivity index (χ1n) is 4.19. The number of rotatable bonds is 4. The van der Waals surface area contributed by atoms with Crippen LogP contribution in [0.1, 0.15) is 6.92 Å². The Hall–Kier alpha value is -2.04. The molecule has 5 heteroatoms. The molecule has 1 aromatic carbocycles. The second kappa shape index (κ2) is 4.45. The highest BCUT2D eigenvalue weighted by Crippen LogP contribution is 2.17. The normalized spacial score (nSPS) is 11.8. The van der Waals surface area contributed by atoms with E-state index in [0.29, 0.717) is 0 Å². The number of aliphatic carboxylic acids is 1. The van der Waals surface area contributed by atoms with E-state index in [9.17, 15) is 9.59 Å². The summed E-state index contributed by atoms with van der Waals surface area (Å²) in [5, 5.41) is 17.6. The molecule has 0 saturated heterocycles. The van der Waals surface area contributed by atoms with E-state index in [1.165, 1.54) is 24.3 Å². The number of phenols is 1. The summed E-state index contributed by atoms with van der Waals surface area (Å²) < 4.78 is 4.93. The molecule has 0 radical (unpaired) electrons. The van der Waals surface area contributed by atoms with Gasteiger partial charge >= 0.3 is 5.97 Å². The topological polar surface area (TPSA) is 83.8 Å². The van der Waals surface area contributed by atoms with E-state index < -0.39 is 17.9 Å². The highest BCUT2D eigenvalue weighted by molar-refractivity contribution is 6.00. The Kier molecular flexibility index (Phi) is 3.28. The Labute approximate surface area is 85.9 Å². The van der Waals surface area contributed by atoms with Crippen molar-refractivity contribution in [2.24, 2.45) is 0 Å². The molecule has 1 aromatic rings. The van der Waals surface area contributed by atoms with Gasteiger partial charge in [-0.1, -0.05) is 0 Å². The predicted molar refractivity (Wildman–Crippen MR) is 50.8 cm³/mol. The summed E-state index contributed by atoms with van der Waals surface area (Å²) in [4.78, 5) is 21.5. The van der Waals surface area contributed by atoms with E-state index in [-0.39, 0.29) is 11.5 Å². The van der Waals surface area contributed by atoms with Gasteiger partial charge in [0.05, 0.1) is 0 Å². The van der Waals surface area contributed by atoms with Gasteiger partial charge in [-0.2, -0.15) is 0 Å². The quantitative estimate of drug-likeness (QED) is 0.718. The van der Waals surface area contributed by atoms with Crippen LogP contribution >= 0.6 is 0 Å². The lowest BCUT2D eigenvalue weighted by molar-refractivity contribution is -0.149. The fourth-order valence-electron chi connectivity index (χ4n) is 0.968. The standard InChI is InChI=1S/C10H10O5/c1-6(11)9(10(13)14)15-8-4-2-7(12)3-5-8/h2-5,9,12H,1H3,(H,13,14). The molecule has 0 aromatic heterocycles. The van der Waals surface area contributed by atoms with E-state index in [1.807, 2.05) is 0 Å². The second-order valence-electron chi connectivity index (χ2n) is 2.94. The number of ketones is 1. The van der Waals surface area contributed by atoms with Crippen molar-refractivity contribution in [3.8, 4) is 11.5 Å². The van der Waals surface area contributed by atoms with Crippen LogP contribution in [-0.2, 0) is 9.59 Å². The number of Topliss-reactive ketones (excluding diaryl/α,β-unsaturated/α-hetero) is 1. The highest BCUT2D eigenvalue weighted by Gasteiger charge is 2.24. The summed E-state index contributed by atoms with van der Waals surface area (Å²) in [6.07, 6.45) is -1.51. The van der Waals surface area contributed by atoms with Gasteiger partial charge in [-0.25, -0.2) is 4.79 Å². The van der Waals surface area contributed by atoms with Gasteiger partial charge in [-0.15, -0.1) is 0 Å². The Morgan fingerprint density at radius 2 is 1.80 bits per heavy atom. The van der Waals surface area contributed by atoms with Gasteiger partial charge < -0.3 is 14.9 Å². The SMILES string of the molecule is CC(=O)C(Oc1ccc(O)cc1)C(=O)O. The molecule has 0 aliphatic carbocycles. The third-order valence-electron chi connectivity index (χ3n) is 1.68. The van der Waals surface area contributed by atoms with Crippen LogP contribution in [0.2, 0.25) is 0 Å². The second-order valence-corrected chi connectivity index (χ2v) is 2.94. The summed E-state index contributed by atoms with van der Waals surface area (Å²) in [7, 11) is 0. The molecule has 1 rings (SSSR count). The van der Waals surface area contributed by atoms with Crippen LogP contribution in [0.15, 0.2) is 24.3 Å². The first-order chi connectivity index (χ1) is 7.00. The average Bonchev–Trinajstić information content (AvgIpc) is 2.15. The van der Waals surface area contributed by atoms with Gasteiger partial charge in [0.1, 0.15) is 11.5 Å². The first-order valence-corrected chi connectivity index (χ1v) is 4.19. The van der Waals surface area contributed by atoms with E-state index in [0.717, 1.165) is 6.92 Å². The number of benzene rings is 1. The molecule has 80 valence electrons. The number of hydrogen-bond donors (Lipinski definition) is 2. The molecule has 0 saturated carbocycles. The van der Waals surface area contributed by atoms with Crippen molar-refractivity contribution in [1.82, 2.24) is 0 Å². The fraction of sp³-hybridized carbons (Fsp3) is 0.200. The summed E-state index contributed by atoms with van der Waals surface area (Å²) >= 11 is 0. The van der Waals surface area contributed by atoms with Crippen molar-refractivity contribution in [2.45, 2.75) is 13.0 Å². The summed E-state index contributed by atoms with van der Waals surface area (Å²) in [5.41, 5.74) is 0. The molecule has 0 bridgehead atoms. The number of phenolic OH excluding ortho intramolecular Hbond substituents is 1. The largest absolute Gasteiger partial charge is 0.508 e. The Morgan fingerprint density at radius 3 is 2.20 bits per heavy atom. The van der Waals surface area contributed by atoms with Crippen LogP contribution in [0.3, 0.4) is 0 Å². The van der Waals surface area contributed by atoms with Gasteiger partial charge in [-0.05, 0) is 31.2 Å². The zero-order valence-electron chi connectivity index (χ0n) is 8.01. The van der Waals surface area contributed by atoms with E-state index in [2.05, 4.69) is 0 Å². The predicted octanol–water partition coefficient (Wildman–Crippen LogP) is 0.813. The van der Waals surface area contributed by atoms with E-state index in [4.69, 9.17) is 14.9 Å². The molecule has 2 N–H and O–H groups in total. The number of carboxylic acids is 1.